The lowest BCUT2D eigenvalue weighted by Crippen LogP contribution is -2.58. The summed E-state index contributed by atoms with van der Waals surface area (Å²) in [4.78, 5) is 13.0. The lowest BCUT2D eigenvalue weighted by Gasteiger charge is -2.39. The van der Waals surface area contributed by atoms with Gasteiger partial charge >= 0.3 is 12.1 Å². The van der Waals surface area contributed by atoms with Crippen LogP contribution < -0.4 is 10.2 Å². The fourth-order valence-electron chi connectivity index (χ4n) is 4.97. The number of carboxylic acids is 1. The summed E-state index contributed by atoms with van der Waals surface area (Å²) in [5, 5.41) is 28.1. The fourth-order valence-corrected chi connectivity index (χ4v) is 4.97. The Morgan fingerprint density at radius 3 is 2.66 bits per heavy atom. The number of aromatic nitrogens is 2. The minimum absolute atomic E-state index is 0.0895. The van der Waals surface area contributed by atoms with E-state index in [0.717, 1.165) is 17.5 Å². The highest BCUT2D eigenvalue weighted by Crippen LogP contribution is 2.36. The maximum Gasteiger partial charge on any atom is 0.420 e. The Balaban J connectivity index is 1.45. The summed E-state index contributed by atoms with van der Waals surface area (Å²) in [7, 11) is 0. The Hall–Kier alpha value is -4.05. The Labute approximate surface area is 217 Å². The summed E-state index contributed by atoms with van der Waals surface area (Å²) in [5.41, 5.74) is 1.01. The molecule has 1 atom stereocenters. The van der Waals surface area contributed by atoms with Crippen molar-refractivity contribution < 1.29 is 28.2 Å². The average Bonchev–Trinajstić information content (AvgIpc) is 3.31. The van der Waals surface area contributed by atoms with Gasteiger partial charge in [-0.05, 0) is 67.3 Å². The highest BCUT2D eigenvalue weighted by atomic mass is 19.4. The van der Waals surface area contributed by atoms with Crippen LogP contribution in [0.1, 0.15) is 27.9 Å². The van der Waals surface area contributed by atoms with Crippen LogP contribution in [0.5, 0.6) is 0 Å². The first-order chi connectivity index (χ1) is 18.1. The van der Waals surface area contributed by atoms with Gasteiger partial charge in [0.15, 0.2) is 5.60 Å². The maximum absolute atomic E-state index is 14.3. The van der Waals surface area contributed by atoms with Gasteiger partial charge in [0, 0.05) is 23.3 Å². The smallest absolute Gasteiger partial charge is 0.420 e. The summed E-state index contributed by atoms with van der Waals surface area (Å²) >= 11 is 0. The van der Waals surface area contributed by atoms with Gasteiger partial charge in [-0.15, -0.1) is 0 Å². The molecular formula is C28H27F3N4O3. The number of para-hydroxylation sites is 1. The largest absolute Gasteiger partial charge is 0.478 e. The first-order valence-corrected chi connectivity index (χ1v) is 12.2. The number of anilines is 2. The fraction of sp³-hybridized carbons (Fsp3) is 0.286. The highest BCUT2D eigenvalue weighted by Gasteiger charge is 2.54. The summed E-state index contributed by atoms with van der Waals surface area (Å²) in [6.07, 6.45) is -1.87. The molecule has 0 bridgehead atoms. The summed E-state index contributed by atoms with van der Waals surface area (Å²) < 4.78 is 44.4. The van der Waals surface area contributed by atoms with Gasteiger partial charge < -0.3 is 20.4 Å². The van der Waals surface area contributed by atoms with Crippen molar-refractivity contribution in [2.45, 2.75) is 31.5 Å². The van der Waals surface area contributed by atoms with Crippen LogP contribution in [0.4, 0.5) is 24.5 Å². The SMILES string of the molecule is Cc1cc(NCC(O)(CN2CCCc3ccccc32)C(F)(F)F)c2cnn(-c3cccc(C(=O)O)c3)c2c1. The third kappa shape index (κ3) is 4.79. The molecule has 0 radical (unpaired) electrons. The number of rotatable bonds is 7. The van der Waals surface area contributed by atoms with Crippen molar-refractivity contribution in [1.29, 1.82) is 0 Å². The number of halogens is 3. The van der Waals surface area contributed by atoms with Gasteiger partial charge in [0.05, 0.1) is 36.1 Å². The highest BCUT2D eigenvalue weighted by molar-refractivity contribution is 5.93. The third-order valence-electron chi connectivity index (χ3n) is 6.93. The van der Waals surface area contributed by atoms with Gasteiger partial charge in [0.25, 0.3) is 0 Å². The molecule has 0 amide bonds. The second-order valence-electron chi connectivity index (χ2n) is 9.69. The molecular weight excluding hydrogens is 497 g/mol. The zero-order valence-corrected chi connectivity index (χ0v) is 20.7. The summed E-state index contributed by atoms with van der Waals surface area (Å²) in [6, 6.07) is 17.1. The Kier molecular flexibility index (Phi) is 6.52. The number of carboxylic acid groups (broad SMARTS) is 1. The number of β-amino-alcohol motifs (C(OH)–C–C–N with tert-alkyl or cyclic N) is 1. The van der Waals surface area contributed by atoms with Gasteiger partial charge in [0.1, 0.15) is 0 Å². The third-order valence-corrected chi connectivity index (χ3v) is 6.93. The van der Waals surface area contributed by atoms with Crippen molar-refractivity contribution in [1.82, 2.24) is 9.78 Å². The van der Waals surface area contributed by atoms with Gasteiger partial charge in [-0.3, -0.25) is 0 Å². The van der Waals surface area contributed by atoms with Crippen molar-refractivity contribution >= 4 is 28.2 Å². The maximum atomic E-state index is 14.3. The van der Waals surface area contributed by atoms with Gasteiger partial charge in [0.2, 0.25) is 0 Å². The molecule has 0 saturated carbocycles. The summed E-state index contributed by atoms with van der Waals surface area (Å²) in [5.74, 6) is -1.08. The molecule has 0 spiro atoms. The number of aryl methyl sites for hydroxylation is 2. The number of nitrogens with zero attached hydrogens (tertiary/aromatic N) is 3. The number of alkyl halides is 3. The van der Waals surface area contributed by atoms with Gasteiger partial charge in [-0.1, -0.05) is 24.3 Å². The molecule has 0 fully saturated rings. The molecule has 1 aliphatic heterocycles. The van der Waals surface area contributed by atoms with E-state index in [-0.39, 0.29) is 5.56 Å². The first-order valence-electron chi connectivity index (χ1n) is 12.2. The molecule has 3 N–H and O–H groups in total. The van der Waals surface area contributed by atoms with E-state index in [4.69, 9.17) is 0 Å². The standard InChI is InChI=1S/C28H27F3N4O3/c1-18-12-23(22-15-33-35(25(22)13-18)21-9-4-7-20(14-21)26(36)37)32-16-27(38,28(29,30)31)17-34-11-5-8-19-6-2-3-10-24(19)34/h2-4,6-7,9-10,12-15,32,38H,5,8,11,16-17H2,1H3,(H,36,37). The molecule has 10 heteroatoms. The van der Waals surface area contributed by atoms with E-state index >= 15 is 0 Å². The second-order valence-corrected chi connectivity index (χ2v) is 9.69. The number of hydrogen-bond acceptors (Lipinski definition) is 5. The van der Waals surface area contributed by atoms with Crippen molar-refractivity contribution in [2.75, 3.05) is 29.9 Å². The van der Waals surface area contributed by atoms with E-state index in [0.29, 0.717) is 40.9 Å². The molecule has 4 aromatic rings. The predicted molar refractivity (Wildman–Crippen MR) is 139 cm³/mol. The van der Waals surface area contributed by atoms with Gasteiger partial charge in [-0.2, -0.15) is 18.3 Å². The van der Waals surface area contributed by atoms with E-state index < -0.39 is 30.8 Å². The van der Waals surface area contributed by atoms with E-state index in [1.54, 1.807) is 46.8 Å². The minimum atomic E-state index is -4.88. The lowest BCUT2D eigenvalue weighted by atomic mass is 9.97. The molecule has 0 saturated heterocycles. The van der Waals surface area contributed by atoms with Crippen LogP contribution in [-0.2, 0) is 6.42 Å². The van der Waals surface area contributed by atoms with Gasteiger partial charge in [-0.25, -0.2) is 9.48 Å². The van der Waals surface area contributed by atoms with Crippen molar-refractivity contribution in [3.63, 3.8) is 0 Å². The predicted octanol–water partition coefficient (Wildman–Crippen LogP) is 5.19. The second kappa shape index (κ2) is 9.68. The number of benzene rings is 3. The van der Waals surface area contributed by atoms with E-state index in [1.165, 1.54) is 18.3 Å². The minimum Gasteiger partial charge on any atom is -0.478 e. The normalized spacial score (nSPS) is 15.2. The number of nitrogens with one attached hydrogen (secondary N) is 1. The first kappa shape index (κ1) is 25.6. The Bertz CT molecular complexity index is 1500. The van der Waals surface area contributed by atoms with Crippen LogP contribution >= 0.6 is 0 Å². The van der Waals surface area contributed by atoms with Crippen molar-refractivity contribution in [3.8, 4) is 5.69 Å². The number of aromatic carboxylic acids is 1. The molecule has 1 aliphatic rings. The molecule has 3 aromatic carbocycles. The molecule has 5 rings (SSSR count). The van der Waals surface area contributed by atoms with Crippen LogP contribution in [0.25, 0.3) is 16.6 Å². The zero-order chi connectivity index (χ0) is 27.1. The molecule has 1 aromatic heterocycles. The average molecular weight is 525 g/mol. The molecule has 198 valence electrons. The van der Waals surface area contributed by atoms with E-state index in [2.05, 4.69) is 10.4 Å². The van der Waals surface area contributed by atoms with Crippen molar-refractivity contribution in [2.24, 2.45) is 0 Å². The van der Waals surface area contributed by atoms with Crippen LogP contribution in [-0.4, -0.2) is 57.4 Å². The van der Waals surface area contributed by atoms with E-state index in [9.17, 15) is 28.2 Å². The summed E-state index contributed by atoms with van der Waals surface area (Å²) in [6.45, 7) is 0.868. The number of carbonyl (C=O) groups is 1. The van der Waals surface area contributed by atoms with Crippen LogP contribution in [0, 0.1) is 6.92 Å². The van der Waals surface area contributed by atoms with Crippen LogP contribution in [0.3, 0.4) is 0 Å². The van der Waals surface area contributed by atoms with E-state index in [1.807, 2.05) is 18.2 Å². The zero-order valence-electron chi connectivity index (χ0n) is 20.7. The number of aliphatic hydroxyl groups is 1. The number of fused-ring (bicyclic) bond motifs is 2. The number of hydrogen-bond donors (Lipinski definition) is 3. The van der Waals surface area contributed by atoms with Crippen LogP contribution in [0.15, 0.2) is 66.9 Å². The van der Waals surface area contributed by atoms with Crippen LogP contribution in [0.2, 0.25) is 0 Å². The van der Waals surface area contributed by atoms with Crippen molar-refractivity contribution in [3.05, 3.63) is 83.6 Å². The monoisotopic (exact) mass is 524 g/mol. The molecule has 2 heterocycles. The Morgan fingerprint density at radius 1 is 1.11 bits per heavy atom. The Morgan fingerprint density at radius 2 is 1.89 bits per heavy atom. The lowest BCUT2D eigenvalue weighted by molar-refractivity contribution is -0.250. The molecule has 38 heavy (non-hydrogen) atoms. The topological polar surface area (TPSA) is 90.6 Å². The molecule has 0 aliphatic carbocycles. The quantitative estimate of drug-likeness (QED) is 0.308. The molecule has 7 nitrogen and oxygen atoms in total. The molecule has 1 unspecified atom stereocenters.